The van der Waals surface area contributed by atoms with Gasteiger partial charge in [-0.2, -0.15) is 13.2 Å². The van der Waals surface area contributed by atoms with Gasteiger partial charge in [-0.3, -0.25) is 14.4 Å². The summed E-state index contributed by atoms with van der Waals surface area (Å²) in [4.78, 5) is 33.4. The Morgan fingerprint density at radius 2 is 1.91 bits per heavy atom. The van der Waals surface area contributed by atoms with Crippen molar-refractivity contribution in [2.75, 3.05) is 0 Å². The second-order valence-electron chi connectivity index (χ2n) is 4.83. The first kappa shape index (κ1) is 18.5. The SMILES string of the molecule is NC(=O)[C@@H](CCC(=O)O)NC(=O)Cc1cccc(C(F)(F)F)c1. The van der Waals surface area contributed by atoms with Crippen LogP contribution in [-0.4, -0.2) is 28.9 Å². The van der Waals surface area contributed by atoms with Gasteiger partial charge in [0, 0.05) is 6.42 Å². The van der Waals surface area contributed by atoms with Crippen LogP contribution in [0.2, 0.25) is 0 Å². The zero-order valence-corrected chi connectivity index (χ0v) is 11.9. The van der Waals surface area contributed by atoms with Gasteiger partial charge >= 0.3 is 12.1 Å². The topological polar surface area (TPSA) is 109 Å². The lowest BCUT2D eigenvalue weighted by Crippen LogP contribution is -2.45. The van der Waals surface area contributed by atoms with Gasteiger partial charge in [0.25, 0.3) is 0 Å². The second kappa shape index (κ2) is 7.61. The number of carbonyl (C=O) groups is 3. The highest BCUT2D eigenvalue weighted by Crippen LogP contribution is 2.29. The van der Waals surface area contributed by atoms with Crippen LogP contribution in [0.4, 0.5) is 13.2 Å². The maximum Gasteiger partial charge on any atom is 0.416 e. The Bertz CT molecular complexity index is 602. The third kappa shape index (κ3) is 6.37. The zero-order chi connectivity index (χ0) is 17.6. The minimum absolute atomic E-state index is 0.110. The highest BCUT2D eigenvalue weighted by Gasteiger charge is 2.30. The van der Waals surface area contributed by atoms with Crippen molar-refractivity contribution < 1.29 is 32.7 Å². The molecule has 0 aromatic heterocycles. The number of benzene rings is 1. The minimum Gasteiger partial charge on any atom is -0.481 e. The number of alkyl halides is 3. The van der Waals surface area contributed by atoms with Crippen LogP contribution in [0.1, 0.15) is 24.0 Å². The van der Waals surface area contributed by atoms with Gasteiger partial charge in [-0.05, 0) is 18.1 Å². The quantitative estimate of drug-likeness (QED) is 0.694. The summed E-state index contributed by atoms with van der Waals surface area (Å²) in [6, 6.07) is 3.02. The molecule has 0 spiro atoms. The number of nitrogens with two attached hydrogens (primary N) is 1. The van der Waals surface area contributed by atoms with Crippen LogP contribution in [0.15, 0.2) is 24.3 Å². The number of carboxylic acid groups (broad SMARTS) is 1. The second-order valence-corrected chi connectivity index (χ2v) is 4.83. The summed E-state index contributed by atoms with van der Waals surface area (Å²) in [7, 11) is 0. The summed E-state index contributed by atoms with van der Waals surface area (Å²) < 4.78 is 37.7. The number of carboxylic acids is 1. The molecular formula is C14H15F3N2O4. The number of halogens is 3. The Morgan fingerprint density at radius 1 is 1.26 bits per heavy atom. The molecule has 0 fully saturated rings. The number of amides is 2. The summed E-state index contributed by atoms with van der Waals surface area (Å²) in [5, 5.41) is 10.8. The van der Waals surface area contributed by atoms with E-state index in [0.717, 1.165) is 12.1 Å². The van der Waals surface area contributed by atoms with E-state index in [-0.39, 0.29) is 24.8 Å². The van der Waals surface area contributed by atoms with E-state index in [1.807, 2.05) is 0 Å². The third-order valence-corrected chi connectivity index (χ3v) is 2.94. The maximum atomic E-state index is 12.6. The molecule has 0 saturated carbocycles. The van der Waals surface area contributed by atoms with Crippen molar-refractivity contribution in [3.63, 3.8) is 0 Å². The van der Waals surface area contributed by atoms with Gasteiger partial charge in [-0.1, -0.05) is 18.2 Å². The van der Waals surface area contributed by atoms with Gasteiger partial charge in [-0.25, -0.2) is 0 Å². The average molecular weight is 332 g/mol. The smallest absolute Gasteiger partial charge is 0.416 e. The first-order valence-corrected chi connectivity index (χ1v) is 6.56. The van der Waals surface area contributed by atoms with Crippen LogP contribution in [-0.2, 0) is 27.0 Å². The van der Waals surface area contributed by atoms with Crippen LogP contribution < -0.4 is 11.1 Å². The largest absolute Gasteiger partial charge is 0.481 e. The Balaban J connectivity index is 2.71. The summed E-state index contributed by atoms with van der Waals surface area (Å²) in [6.45, 7) is 0. The normalized spacial score (nSPS) is 12.5. The summed E-state index contributed by atoms with van der Waals surface area (Å²) in [6.07, 6.45) is -5.49. The van der Waals surface area contributed by atoms with E-state index in [4.69, 9.17) is 10.8 Å². The lowest BCUT2D eigenvalue weighted by Gasteiger charge is -2.15. The lowest BCUT2D eigenvalue weighted by molar-refractivity contribution is -0.138. The molecule has 1 rings (SSSR count). The Kier molecular flexibility index (Phi) is 6.11. The van der Waals surface area contributed by atoms with Gasteiger partial charge < -0.3 is 16.2 Å². The molecule has 0 heterocycles. The third-order valence-electron chi connectivity index (χ3n) is 2.94. The maximum absolute atomic E-state index is 12.6. The predicted octanol–water partition coefficient (Wildman–Crippen LogP) is 1.08. The first-order chi connectivity index (χ1) is 10.6. The number of primary amides is 1. The molecule has 23 heavy (non-hydrogen) atoms. The van der Waals surface area contributed by atoms with Crippen LogP contribution >= 0.6 is 0 Å². The molecule has 6 nitrogen and oxygen atoms in total. The molecule has 0 saturated heterocycles. The Labute approximate surface area is 129 Å². The highest BCUT2D eigenvalue weighted by molar-refractivity contribution is 5.87. The van der Waals surface area contributed by atoms with Crippen LogP contribution in [0, 0.1) is 0 Å². The Hall–Kier alpha value is -2.58. The van der Waals surface area contributed by atoms with E-state index in [0.29, 0.717) is 0 Å². The molecule has 0 bridgehead atoms. The molecule has 0 aliphatic carbocycles. The van der Waals surface area contributed by atoms with Crippen LogP contribution in [0.25, 0.3) is 0 Å². The van der Waals surface area contributed by atoms with Gasteiger partial charge in [0.05, 0.1) is 12.0 Å². The highest BCUT2D eigenvalue weighted by atomic mass is 19.4. The molecule has 1 atom stereocenters. The van der Waals surface area contributed by atoms with Crippen molar-refractivity contribution >= 4 is 17.8 Å². The molecule has 126 valence electrons. The fraction of sp³-hybridized carbons (Fsp3) is 0.357. The predicted molar refractivity (Wildman–Crippen MR) is 73.1 cm³/mol. The molecule has 9 heteroatoms. The number of hydrogen-bond acceptors (Lipinski definition) is 3. The van der Waals surface area contributed by atoms with Gasteiger partial charge in [0.1, 0.15) is 6.04 Å². The van der Waals surface area contributed by atoms with Crippen molar-refractivity contribution in [1.82, 2.24) is 5.32 Å². The molecule has 4 N–H and O–H groups in total. The van der Waals surface area contributed by atoms with Crippen molar-refractivity contribution in [2.24, 2.45) is 5.73 Å². The molecule has 1 aromatic rings. The number of hydrogen-bond donors (Lipinski definition) is 3. The summed E-state index contributed by atoms with van der Waals surface area (Å²) in [5.74, 6) is -2.80. The monoisotopic (exact) mass is 332 g/mol. The van der Waals surface area contributed by atoms with E-state index >= 15 is 0 Å². The minimum atomic E-state index is -4.52. The van der Waals surface area contributed by atoms with Crippen LogP contribution in [0.3, 0.4) is 0 Å². The Morgan fingerprint density at radius 3 is 2.43 bits per heavy atom. The fourth-order valence-corrected chi connectivity index (χ4v) is 1.84. The van der Waals surface area contributed by atoms with Crippen molar-refractivity contribution in [2.45, 2.75) is 31.5 Å². The number of aliphatic carboxylic acids is 1. The average Bonchev–Trinajstić information content (AvgIpc) is 2.42. The summed E-state index contributed by atoms with van der Waals surface area (Å²) in [5.41, 5.74) is 4.27. The van der Waals surface area contributed by atoms with Crippen molar-refractivity contribution in [1.29, 1.82) is 0 Å². The van der Waals surface area contributed by atoms with Gasteiger partial charge in [0.2, 0.25) is 11.8 Å². The van der Waals surface area contributed by atoms with E-state index in [1.54, 1.807) is 0 Å². The standard InChI is InChI=1S/C14H15F3N2O4/c15-14(16,17)9-3-1-2-8(6-9)7-11(20)19-10(13(18)23)4-5-12(21)22/h1-3,6,10H,4-5,7H2,(H2,18,23)(H,19,20)(H,21,22)/t10-/m1/s1. The number of nitrogens with one attached hydrogen (secondary N) is 1. The number of rotatable bonds is 7. The zero-order valence-electron chi connectivity index (χ0n) is 11.9. The van der Waals surface area contributed by atoms with Gasteiger partial charge in [-0.15, -0.1) is 0 Å². The molecular weight excluding hydrogens is 317 g/mol. The number of carbonyl (C=O) groups excluding carboxylic acids is 2. The van der Waals surface area contributed by atoms with Crippen molar-refractivity contribution in [3.8, 4) is 0 Å². The van der Waals surface area contributed by atoms with E-state index in [9.17, 15) is 27.6 Å². The van der Waals surface area contributed by atoms with E-state index < -0.39 is 35.6 Å². The van der Waals surface area contributed by atoms with E-state index in [2.05, 4.69) is 5.32 Å². The van der Waals surface area contributed by atoms with Gasteiger partial charge in [0.15, 0.2) is 0 Å². The molecule has 2 amide bonds. The van der Waals surface area contributed by atoms with E-state index in [1.165, 1.54) is 12.1 Å². The van der Waals surface area contributed by atoms with Crippen LogP contribution in [0.5, 0.6) is 0 Å². The first-order valence-electron chi connectivity index (χ1n) is 6.56. The lowest BCUT2D eigenvalue weighted by atomic mass is 10.1. The van der Waals surface area contributed by atoms with Crippen molar-refractivity contribution in [3.05, 3.63) is 35.4 Å². The molecule has 0 aliphatic heterocycles. The molecule has 0 aliphatic rings. The molecule has 0 unspecified atom stereocenters. The molecule has 0 radical (unpaired) electrons. The fourth-order valence-electron chi connectivity index (χ4n) is 1.84. The molecule has 1 aromatic carbocycles. The summed E-state index contributed by atoms with van der Waals surface area (Å²) >= 11 is 0.